The number of amides is 1. The number of benzene rings is 1. The Morgan fingerprint density at radius 3 is 2.79 bits per heavy atom. The lowest BCUT2D eigenvalue weighted by Gasteiger charge is -2.38. The number of fused-ring (bicyclic) bond motifs is 1. The average molecular weight is 375 g/mol. The number of nitrogens with zero attached hydrogens (tertiary/aromatic N) is 3. The van der Waals surface area contributed by atoms with E-state index in [-0.39, 0.29) is 11.4 Å². The Kier molecular flexibility index (Phi) is 4.26. The predicted octanol–water partition coefficient (Wildman–Crippen LogP) is 3.55. The minimum Gasteiger partial charge on any atom is -0.368 e. The van der Waals surface area contributed by atoms with Crippen molar-refractivity contribution in [2.24, 2.45) is 4.99 Å². The number of likely N-dealkylation sites (tertiary alicyclic amines) is 1. The van der Waals surface area contributed by atoms with Crippen molar-refractivity contribution in [1.29, 1.82) is 0 Å². The monoisotopic (exact) mass is 375 g/mol. The molecule has 3 heterocycles. The van der Waals surface area contributed by atoms with Crippen molar-refractivity contribution in [3.63, 3.8) is 0 Å². The zero-order valence-electron chi connectivity index (χ0n) is 15.9. The molecule has 144 valence electrons. The lowest BCUT2D eigenvalue weighted by atomic mass is 9.93. The molecule has 2 aromatic rings. The number of pyridine rings is 1. The molecule has 1 spiro atoms. The van der Waals surface area contributed by atoms with Gasteiger partial charge in [-0.25, -0.2) is 4.98 Å². The van der Waals surface area contributed by atoms with Crippen LogP contribution in [-0.4, -0.2) is 46.3 Å². The van der Waals surface area contributed by atoms with Gasteiger partial charge in [0, 0.05) is 18.3 Å². The Labute approximate surface area is 165 Å². The molecule has 1 aliphatic carbocycles. The molecule has 2 N–H and O–H groups in total. The van der Waals surface area contributed by atoms with E-state index in [0.29, 0.717) is 19.1 Å². The van der Waals surface area contributed by atoms with Crippen LogP contribution < -0.4 is 10.6 Å². The number of rotatable bonds is 2. The maximum absolute atomic E-state index is 13.0. The smallest absolute Gasteiger partial charge is 0.253 e. The standard InChI is InChI=1S/C22H25N5O/c28-20(16-7-2-1-3-8-16)27-14-12-22(15-27)21(24-17-9-4-5-10-17)25-19-18(26-22)11-6-13-23-19/h1-3,6-8,11,13,17,26H,4-5,9-10,12,14-15H2,(H,23,24,25). The van der Waals surface area contributed by atoms with Crippen LogP contribution in [0.1, 0.15) is 42.5 Å². The van der Waals surface area contributed by atoms with Crippen LogP contribution in [0, 0.1) is 0 Å². The average Bonchev–Trinajstić information content (AvgIpc) is 3.39. The first kappa shape index (κ1) is 17.2. The number of hydrogen-bond acceptors (Lipinski definition) is 4. The van der Waals surface area contributed by atoms with E-state index in [1.54, 1.807) is 6.20 Å². The van der Waals surface area contributed by atoms with Gasteiger partial charge in [0.1, 0.15) is 11.4 Å². The van der Waals surface area contributed by atoms with Crippen LogP contribution in [0.2, 0.25) is 0 Å². The zero-order chi connectivity index (χ0) is 19.0. The number of amidine groups is 1. The molecule has 2 aliphatic heterocycles. The van der Waals surface area contributed by atoms with Crippen LogP contribution in [0.4, 0.5) is 11.5 Å². The first-order valence-electron chi connectivity index (χ1n) is 10.2. The maximum Gasteiger partial charge on any atom is 0.253 e. The van der Waals surface area contributed by atoms with E-state index in [2.05, 4.69) is 15.6 Å². The molecule has 1 aromatic heterocycles. The summed E-state index contributed by atoms with van der Waals surface area (Å²) in [5, 5.41) is 7.18. The van der Waals surface area contributed by atoms with E-state index in [1.807, 2.05) is 47.4 Å². The summed E-state index contributed by atoms with van der Waals surface area (Å²) in [6.07, 6.45) is 7.40. The van der Waals surface area contributed by atoms with Crippen molar-refractivity contribution < 1.29 is 4.79 Å². The van der Waals surface area contributed by atoms with Crippen LogP contribution in [-0.2, 0) is 0 Å². The fourth-order valence-corrected chi connectivity index (χ4v) is 4.57. The van der Waals surface area contributed by atoms with Crippen molar-refractivity contribution in [2.45, 2.75) is 43.7 Å². The Balaban J connectivity index is 1.46. The SMILES string of the molecule is O=C(c1ccccc1)N1CCC2(C1)Nc1cccnc1NC2=NC1CCCC1. The maximum atomic E-state index is 13.0. The number of hydrogen-bond donors (Lipinski definition) is 2. The quantitative estimate of drug-likeness (QED) is 0.842. The lowest BCUT2D eigenvalue weighted by Crippen LogP contribution is -2.55. The van der Waals surface area contributed by atoms with Crippen molar-refractivity contribution in [3.8, 4) is 0 Å². The summed E-state index contributed by atoms with van der Waals surface area (Å²) < 4.78 is 0. The Morgan fingerprint density at radius 1 is 1.14 bits per heavy atom. The summed E-state index contributed by atoms with van der Waals surface area (Å²) in [5.41, 5.74) is 1.34. The molecule has 1 aromatic carbocycles. The molecular weight excluding hydrogens is 350 g/mol. The molecule has 6 heteroatoms. The van der Waals surface area contributed by atoms with Crippen LogP contribution in [0.15, 0.2) is 53.7 Å². The highest BCUT2D eigenvalue weighted by atomic mass is 16.2. The van der Waals surface area contributed by atoms with Crippen molar-refractivity contribution in [3.05, 3.63) is 54.2 Å². The topological polar surface area (TPSA) is 69.6 Å². The Bertz CT molecular complexity index is 906. The number of aromatic nitrogens is 1. The van der Waals surface area contributed by atoms with Gasteiger partial charge < -0.3 is 15.5 Å². The van der Waals surface area contributed by atoms with Crippen LogP contribution >= 0.6 is 0 Å². The highest BCUT2D eigenvalue weighted by Crippen LogP contribution is 2.36. The third-order valence-electron chi connectivity index (χ3n) is 6.09. The van der Waals surface area contributed by atoms with Crippen LogP contribution in [0.5, 0.6) is 0 Å². The van der Waals surface area contributed by atoms with E-state index in [4.69, 9.17) is 4.99 Å². The van der Waals surface area contributed by atoms with Gasteiger partial charge in [-0.1, -0.05) is 31.0 Å². The van der Waals surface area contributed by atoms with Gasteiger partial charge in [-0.15, -0.1) is 0 Å². The number of carbonyl (C=O) groups is 1. The predicted molar refractivity (Wildman–Crippen MR) is 111 cm³/mol. The van der Waals surface area contributed by atoms with Gasteiger partial charge in [0.25, 0.3) is 5.91 Å². The van der Waals surface area contributed by atoms with Crippen molar-refractivity contribution >= 4 is 23.2 Å². The molecule has 1 atom stereocenters. The molecule has 2 fully saturated rings. The van der Waals surface area contributed by atoms with E-state index < -0.39 is 0 Å². The third-order valence-corrected chi connectivity index (χ3v) is 6.09. The zero-order valence-corrected chi connectivity index (χ0v) is 15.9. The molecule has 5 rings (SSSR count). The van der Waals surface area contributed by atoms with Crippen LogP contribution in [0.3, 0.4) is 0 Å². The van der Waals surface area contributed by atoms with E-state index in [1.165, 1.54) is 12.8 Å². The molecular formula is C22H25N5O. The van der Waals surface area contributed by atoms with Gasteiger partial charge >= 0.3 is 0 Å². The molecule has 1 unspecified atom stereocenters. The molecule has 3 aliphatic rings. The minimum absolute atomic E-state index is 0.0801. The van der Waals surface area contributed by atoms with Crippen LogP contribution in [0.25, 0.3) is 0 Å². The number of anilines is 2. The molecule has 28 heavy (non-hydrogen) atoms. The highest BCUT2D eigenvalue weighted by molar-refractivity contribution is 6.09. The normalized spacial score (nSPS) is 25.6. The Morgan fingerprint density at radius 2 is 1.96 bits per heavy atom. The van der Waals surface area contributed by atoms with Gasteiger partial charge in [-0.05, 0) is 43.5 Å². The number of carbonyl (C=O) groups excluding carboxylic acids is 1. The highest BCUT2D eigenvalue weighted by Gasteiger charge is 2.47. The largest absolute Gasteiger partial charge is 0.368 e. The molecule has 6 nitrogen and oxygen atoms in total. The summed E-state index contributed by atoms with van der Waals surface area (Å²) in [7, 11) is 0. The lowest BCUT2D eigenvalue weighted by molar-refractivity contribution is 0.0789. The van der Waals surface area contributed by atoms with E-state index in [0.717, 1.165) is 42.2 Å². The summed E-state index contributed by atoms with van der Waals surface area (Å²) >= 11 is 0. The number of nitrogens with one attached hydrogen (secondary N) is 2. The number of aliphatic imine (C=N–C) groups is 1. The molecule has 1 saturated carbocycles. The third kappa shape index (κ3) is 3.03. The molecule has 1 saturated heterocycles. The molecule has 1 amide bonds. The van der Waals surface area contributed by atoms with Gasteiger partial charge in [0.2, 0.25) is 0 Å². The second-order valence-corrected chi connectivity index (χ2v) is 7.99. The van der Waals surface area contributed by atoms with Crippen molar-refractivity contribution in [2.75, 3.05) is 23.7 Å². The van der Waals surface area contributed by atoms with E-state index >= 15 is 0 Å². The van der Waals surface area contributed by atoms with Gasteiger partial charge in [0.15, 0.2) is 5.82 Å². The second-order valence-electron chi connectivity index (χ2n) is 7.99. The Hall–Kier alpha value is -2.89. The van der Waals surface area contributed by atoms with Gasteiger partial charge in [-0.2, -0.15) is 0 Å². The first-order valence-corrected chi connectivity index (χ1v) is 10.2. The first-order chi connectivity index (χ1) is 13.7. The van der Waals surface area contributed by atoms with Crippen molar-refractivity contribution in [1.82, 2.24) is 9.88 Å². The second kappa shape index (κ2) is 6.93. The fraction of sp³-hybridized carbons (Fsp3) is 0.409. The fourth-order valence-electron chi connectivity index (χ4n) is 4.57. The molecule has 0 radical (unpaired) electrons. The summed E-state index contributed by atoms with van der Waals surface area (Å²) in [4.78, 5) is 24.5. The van der Waals surface area contributed by atoms with E-state index in [9.17, 15) is 4.79 Å². The van der Waals surface area contributed by atoms with Gasteiger partial charge in [0.05, 0.1) is 18.3 Å². The molecule has 0 bridgehead atoms. The summed E-state index contributed by atoms with van der Waals surface area (Å²) in [6.45, 7) is 1.31. The minimum atomic E-state index is -0.372. The van der Waals surface area contributed by atoms with Gasteiger partial charge in [-0.3, -0.25) is 9.79 Å². The summed E-state index contributed by atoms with van der Waals surface area (Å²) in [5.74, 6) is 1.84. The summed E-state index contributed by atoms with van der Waals surface area (Å²) in [6, 6.07) is 13.9.